The number of rotatable bonds is 12. The van der Waals surface area contributed by atoms with Crippen LogP contribution in [0.3, 0.4) is 0 Å². The van der Waals surface area contributed by atoms with E-state index in [1.54, 1.807) is 43.5 Å². The van der Waals surface area contributed by atoms with Gasteiger partial charge in [-0.3, -0.25) is 9.59 Å². The third-order valence-corrected chi connectivity index (χ3v) is 7.57. The first-order valence-corrected chi connectivity index (χ1v) is 15.5. The minimum Gasteiger partial charge on any atom is -0.444 e. The number of ether oxygens (including phenoxy) is 1. The molecule has 0 spiro atoms. The molecule has 0 aliphatic carbocycles. The molecular weight excluding hydrogens is 546 g/mol. The zero-order chi connectivity index (χ0) is 30.0. The largest absolute Gasteiger partial charge is 0.444 e. The number of carbonyl (C=O) groups excluding carboxylic acids is 3. The van der Waals surface area contributed by atoms with Crippen molar-refractivity contribution in [1.29, 1.82) is 0 Å². The molecular formula is C31H44ClN3O4S. The van der Waals surface area contributed by atoms with Crippen molar-refractivity contribution in [2.75, 3.05) is 23.9 Å². The van der Waals surface area contributed by atoms with Gasteiger partial charge >= 0.3 is 6.09 Å². The molecule has 0 bridgehead atoms. The van der Waals surface area contributed by atoms with Gasteiger partial charge in [-0.25, -0.2) is 4.79 Å². The number of hydrogen-bond donors (Lipinski definition) is 2. The van der Waals surface area contributed by atoms with Crippen molar-refractivity contribution in [2.24, 2.45) is 0 Å². The van der Waals surface area contributed by atoms with Gasteiger partial charge in [0.15, 0.2) is 0 Å². The van der Waals surface area contributed by atoms with Crippen molar-refractivity contribution in [3.05, 3.63) is 63.7 Å². The highest BCUT2D eigenvalue weighted by atomic mass is 35.5. The lowest BCUT2D eigenvalue weighted by atomic mass is 9.94. The number of hydrogen-bond acceptors (Lipinski definition) is 5. The molecule has 220 valence electrons. The molecule has 2 N–H and O–H groups in total. The van der Waals surface area contributed by atoms with E-state index in [1.165, 1.54) is 0 Å². The molecule has 2 atom stereocenters. The Morgan fingerprint density at radius 3 is 2.30 bits per heavy atom. The van der Waals surface area contributed by atoms with Crippen LogP contribution in [0.2, 0.25) is 5.02 Å². The SMILES string of the molecule is CCCCN(C(=O)C(CCSC)NC(=O)OC(C)(C)C)C(C(=O)Nc1c(C)cccc1Cl)c1cccc(C)c1C. The number of para-hydroxylation sites is 1. The van der Waals surface area contributed by atoms with Crippen LogP contribution < -0.4 is 10.6 Å². The first kappa shape index (κ1) is 33.5. The minimum absolute atomic E-state index is 0.328. The van der Waals surface area contributed by atoms with E-state index in [4.69, 9.17) is 16.3 Å². The van der Waals surface area contributed by atoms with Gasteiger partial charge in [-0.2, -0.15) is 11.8 Å². The molecule has 0 aliphatic rings. The number of aryl methyl sites for hydroxylation is 2. The Labute approximate surface area is 248 Å². The zero-order valence-electron chi connectivity index (χ0n) is 25.0. The van der Waals surface area contributed by atoms with E-state index < -0.39 is 23.8 Å². The fourth-order valence-electron chi connectivity index (χ4n) is 4.34. The maximum absolute atomic E-state index is 14.3. The number of carbonyl (C=O) groups is 3. The van der Waals surface area contributed by atoms with Crippen LogP contribution in [0.15, 0.2) is 36.4 Å². The fourth-order valence-corrected chi connectivity index (χ4v) is 5.08. The third-order valence-electron chi connectivity index (χ3n) is 6.61. The maximum atomic E-state index is 14.3. The Balaban J connectivity index is 2.61. The van der Waals surface area contributed by atoms with Gasteiger partial charge in [0.05, 0.1) is 10.7 Å². The number of halogens is 1. The summed E-state index contributed by atoms with van der Waals surface area (Å²) >= 11 is 8.05. The average Bonchev–Trinajstić information content (AvgIpc) is 2.87. The Morgan fingerprint density at radius 1 is 1.05 bits per heavy atom. The molecule has 2 aromatic carbocycles. The summed E-state index contributed by atoms with van der Waals surface area (Å²) in [5, 5.41) is 6.21. The smallest absolute Gasteiger partial charge is 0.408 e. The topological polar surface area (TPSA) is 87.7 Å². The number of anilines is 1. The number of alkyl carbamates (subject to hydrolysis) is 1. The van der Waals surface area contributed by atoms with Crippen LogP contribution in [0.5, 0.6) is 0 Å². The van der Waals surface area contributed by atoms with E-state index in [2.05, 4.69) is 10.6 Å². The van der Waals surface area contributed by atoms with Crippen molar-refractivity contribution in [2.45, 2.75) is 85.4 Å². The van der Waals surface area contributed by atoms with Crippen LogP contribution in [0.4, 0.5) is 10.5 Å². The number of benzene rings is 2. The molecule has 0 aromatic heterocycles. The first-order chi connectivity index (χ1) is 18.8. The highest BCUT2D eigenvalue weighted by molar-refractivity contribution is 7.98. The molecule has 0 saturated carbocycles. The number of amides is 3. The van der Waals surface area contributed by atoms with Gasteiger partial charge in [-0.1, -0.05) is 55.3 Å². The second kappa shape index (κ2) is 15.3. The Hall–Kier alpha value is -2.71. The molecule has 2 aromatic rings. The van der Waals surface area contributed by atoms with Crippen LogP contribution in [0.25, 0.3) is 0 Å². The van der Waals surface area contributed by atoms with E-state index in [1.807, 2.05) is 64.3 Å². The summed E-state index contributed by atoms with van der Waals surface area (Å²) in [6, 6.07) is 9.38. The molecule has 0 fully saturated rings. The van der Waals surface area contributed by atoms with E-state index in [9.17, 15) is 14.4 Å². The quantitative estimate of drug-likeness (QED) is 0.273. The van der Waals surface area contributed by atoms with E-state index in [-0.39, 0.29) is 11.8 Å². The van der Waals surface area contributed by atoms with Crippen molar-refractivity contribution in [3.63, 3.8) is 0 Å². The number of nitrogens with zero attached hydrogens (tertiary/aromatic N) is 1. The minimum atomic E-state index is -0.938. The van der Waals surface area contributed by atoms with Crippen molar-refractivity contribution >= 4 is 47.0 Å². The van der Waals surface area contributed by atoms with Crippen LogP contribution in [0, 0.1) is 20.8 Å². The summed E-state index contributed by atoms with van der Waals surface area (Å²) in [4.78, 5) is 42.8. The van der Waals surface area contributed by atoms with Gasteiger partial charge < -0.3 is 20.3 Å². The van der Waals surface area contributed by atoms with E-state index in [0.29, 0.717) is 35.8 Å². The third kappa shape index (κ3) is 9.44. The van der Waals surface area contributed by atoms with Crippen LogP contribution in [-0.4, -0.2) is 53.0 Å². The standard InChI is InChI=1S/C31H44ClN3O4S/c1-9-10-18-35(29(37)25(17-19-40-8)33-30(38)39-31(5,6)7)27(23-15-11-13-20(2)22(23)4)28(36)34-26-21(3)14-12-16-24(26)32/h11-16,25,27H,9-10,17-19H2,1-8H3,(H,33,38)(H,34,36). The predicted octanol–water partition coefficient (Wildman–Crippen LogP) is 7.22. The maximum Gasteiger partial charge on any atom is 0.408 e. The summed E-state index contributed by atoms with van der Waals surface area (Å²) in [5.41, 5.74) is 3.28. The molecule has 9 heteroatoms. The van der Waals surface area contributed by atoms with Gasteiger partial charge in [0.1, 0.15) is 17.7 Å². The van der Waals surface area contributed by atoms with Crippen molar-refractivity contribution < 1.29 is 19.1 Å². The second-order valence-corrected chi connectivity index (χ2v) is 12.4. The molecule has 0 saturated heterocycles. The summed E-state index contributed by atoms with van der Waals surface area (Å²) in [7, 11) is 0. The van der Waals surface area contributed by atoms with Gasteiger partial charge in [-0.05, 0) is 94.7 Å². The molecule has 0 aliphatic heterocycles. The highest BCUT2D eigenvalue weighted by Gasteiger charge is 2.37. The van der Waals surface area contributed by atoms with Gasteiger partial charge in [0.2, 0.25) is 5.91 Å². The normalized spacial score (nSPS) is 12.8. The van der Waals surface area contributed by atoms with E-state index in [0.717, 1.165) is 28.7 Å². The van der Waals surface area contributed by atoms with Crippen LogP contribution >= 0.6 is 23.4 Å². The molecule has 0 heterocycles. The predicted molar refractivity (Wildman–Crippen MR) is 166 cm³/mol. The van der Waals surface area contributed by atoms with Crippen LogP contribution in [0.1, 0.15) is 75.3 Å². The number of thioether (sulfide) groups is 1. The molecule has 0 radical (unpaired) electrons. The van der Waals surface area contributed by atoms with E-state index >= 15 is 0 Å². The molecule has 2 rings (SSSR count). The molecule has 40 heavy (non-hydrogen) atoms. The Bertz CT molecular complexity index is 1160. The monoisotopic (exact) mass is 589 g/mol. The van der Waals surface area contributed by atoms with Gasteiger partial charge in [0, 0.05) is 6.54 Å². The fraction of sp³-hybridized carbons (Fsp3) is 0.516. The Kier molecular flexibility index (Phi) is 12.8. The van der Waals surface area contributed by atoms with Crippen molar-refractivity contribution in [1.82, 2.24) is 10.2 Å². The summed E-state index contributed by atoms with van der Waals surface area (Å²) in [5.74, 6) is -0.0481. The number of nitrogens with one attached hydrogen (secondary N) is 2. The number of unbranched alkanes of at least 4 members (excludes halogenated alkanes) is 1. The molecule has 7 nitrogen and oxygen atoms in total. The molecule has 3 amide bonds. The van der Waals surface area contributed by atoms with Crippen molar-refractivity contribution in [3.8, 4) is 0 Å². The zero-order valence-corrected chi connectivity index (χ0v) is 26.6. The first-order valence-electron chi connectivity index (χ1n) is 13.7. The second-order valence-electron chi connectivity index (χ2n) is 11.0. The lowest BCUT2D eigenvalue weighted by Gasteiger charge is -2.35. The molecule has 2 unspecified atom stereocenters. The van der Waals surface area contributed by atoms with Crippen LogP contribution in [-0.2, 0) is 14.3 Å². The summed E-state index contributed by atoms with van der Waals surface area (Å²) in [6.45, 7) is 13.5. The lowest BCUT2D eigenvalue weighted by Crippen LogP contribution is -2.53. The van der Waals surface area contributed by atoms with Gasteiger partial charge in [-0.15, -0.1) is 0 Å². The average molecular weight is 590 g/mol. The Morgan fingerprint density at radius 2 is 1.70 bits per heavy atom. The summed E-state index contributed by atoms with van der Waals surface area (Å²) in [6.07, 6.45) is 3.19. The summed E-state index contributed by atoms with van der Waals surface area (Å²) < 4.78 is 5.47. The van der Waals surface area contributed by atoms with Gasteiger partial charge in [0.25, 0.3) is 5.91 Å². The highest BCUT2D eigenvalue weighted by Crippen LogP contribution is 2.32. The lowest BCUT2D eigenvalue weighted by molar-refractivity contribution is -0.141.